The van der Waals surface area contributed by atoms with Crippen molar-refractivity contribution in [1.82, 2.24) is 25.5 Å². The molecule has 0 atom stereocenters. The molecule has 0 aliphatic carbocycles. The highest BCUT2D eigenvalue weighted by molar-refractivity contribution is 5.91. The zero-order chi connectivity index (χ0) is 16.9. The Balaban J connectivity index is 1.75. The quantitative estimate of drug-likeness (QED) is 0.758. The fraction of sp³-hybridized carbons (Fsp3) is 0.118. The minimum atomic E-state index is -0.604. The van der Waals surface area contributed by atoms with Crippen LogP contribution >= 0.6 is 0 Å². The van der Waals surface area contributed by atoms with Crippen LogP contribution in [-0.4, -0.2) is 26.1 Å². The van der Waals surface area contributed by atoms with Crippen LogP contribution in [0.25, 0.3) is 11.5 Å². The van der Waals surface area contributed by atoms with Crippen LogP contribution in [0.3, 0.4) is 0 Å². The molecule has 0 unspecified atom stereocenters. The van der Waals surface area contributed by atoms with Crippen molar-refractivity contribution in [2.75, 3.05) is 0 Å². The monoisotopic (exact) mass is 321 g/mol. The number of aryl methyl sites for hydroxylation is 1. The molecule has 7 nitrogen and oxygen atoms in total. The number of rotatable bonds is 4. The lowest BCUT2D eigenvalue weighted by atomic mass is 10.1. The van der Waals surface area contributed by atoms with Crippen molar-refractivity contribution in [3.05, 3.63) is 75.8 Å². The summed E-state index contributed by atoms with van der Waals surface area (Å²) in [5, 5.41) is 10.3. The summed E-state index contributed by atoms with van der Waals surface area (Å²) in [5.41, 5.74) is 1.64. The average Bonchev–Trinajstić information content (AvgIpc) is 2.60. The molecule has 0 fully saturated rings. The van der Waals surface area contributed by atoms with Crippen LogP contribution in [0.1, 0.15) is 21.6 Å². The molecule has 1 amide bonds. The van der Waals surface area contributed by atoms with Crippen LogP contribution in [0.2, 0.25) is 0 Å². The van der Waals surface area contributed by atoms with Gasteiger partial charge in [0.05, 0.1) is 0 Å². The van der Waals surface area contributed by atoms with Crippen molar-refractivity contribution >= 4 is 5.91 Å². The molecule has 0 aliphatic heterocycles. The molecule has 1 aromatic carbocycles. The number of pyridine rings is 1. The number of nitrogens with one attached hydrogen (secondary N) is 2. The second-order valence-corrected chi connectivity index (χ2v) is 5.24. The Labute approximate surface area is 137 Å². The fourth-order valence-electron chi connectivity index (χ4n) is 2.19. The van der Waals surface area contributed by atoms with E-state index in [1.807, 2.05) is 31.2 Å². The first-order valence-corrected chi connectivity index (χ1v) is 7.35. The van der Waals surface area contributed by atoms with Crippen LogP contribution in [0, 0.1) is 6.92 Å². The summed E-state index contributed by atoms with van der Waals surface area (Å²) in [4.78, 5) is 30.8. The van der Waals surface area contributed by atoms with Crippen LogP contribution < -0.4 is 10.9 Å². The van der Waals surface area contributed by atoms with Crippen LogP contribution in [0.15, 0.2) is 53.5 Å². The smallest absolute Gasteiger partial charge is 0.283 e. The SMILES string of the molecule is Cc1cccc(CNC(=O)c2nnc(-c3ccccn3)[nH]c2=O)c1. The highest BCUT2D eigenvalue weighted by Gasteiger charge is 2.14. The first-order valence-electron chi connectivity index (χ1n) is 7.35. The molecule has 120 valence electrons. The van der Waals surface area contributed by atoms with Gasteiger partial charge in [-0.2, -0.15) is 0 Å². The van der Waals surface area contributed by atoms with Gasteiger partial charge < -0.3 is 10.3 Å². The van der Waals surface area contributed by atoms with Gasteiger partial charge in [0, 0.05) is 12.7 Å². The van der Waals surface area contributed by atoms with E-state index < -0.39 is 11.5 Å². The topological polar surface area (TPSA) is 101 Å². The van der Waals surface area contributed by atoms with Crippen molar-refractivity contribution in [3.63, 3.8) is 0 Å². The Kier molecular flexibility index (Phi) is 4.42. The number of hydrogen-bond donors (Lipinski definition) is 2. The van der Waals surface area contributed by atoms with Gasteiger partial charge in [0.15, 0.2) is 5.82 Å². The number of carbonyl (C=O) groups excluding carboxylic acids is 1. The number of aromatic nitrogens is 4. The highest BCUT2D eigenvalue weighted by Crippen LogP contribution is 2.07. The minimum Gasteiger partial charge on any atom is -0.346 e. The number of H-pyrrole nitrogens is 1. The van der Waals surface area contributed by atoms with Crippen molar-refractivity contribution in [3.8, 4) is 11.5 Å². The van der Waals surface area contributed by atoms with Gasteiger partial charge in [-0.05, 0) is 24.6 Å². The van der Waals surface area contributed by atoms with E-state index in [2.05, 4.69) is 25.5 Å². The normalized spacial score (nSPS) is 10.4. The summed E-state index contributed by atoms with van der Waals surface area (Å²) in [6, 6.07) is 12.9. The van der Waals surface area contributed by atoms with Gasteiger partial charge in [0.1, 0.15) is 5.69 Å². The molecule has 2 aromatic heterocycles. The third kappa shape index (κ3) is 3.52. The maximum Gasteiger partial charge on any atom is 0.283 e. The predicted octanol–water partition coefficient (Wildman–Crippen LogP) is 1.47. The molecule has 24 heavy (non-hydrogen) atoms. The summed E-state index contributed by atoms with van der Waals surface area (Å²) < 4.78 is 0. The van der Waals surface area contributed by atoms with E-state index in [0.717, 1.165) is 11.1 Å². The lowest BCUT2D eigenvalue weighted by molar-refractivity contribution is 0.0943. The van der Waals surface area contributed by atoms with Gasteiger partial charge in [-0.25, -0.2) is 0 Å². The molecule has 0 saturated heterocycles. The number of aromatic amines is 1. The lowest BCUT2D eigenvalue weighted by Gasteiger charge is -2.05. The summed E-state index contributed by atoms with van der Waals surface area (Å²) in [6.07, 6.45) is 1.58. The number of carbonyl (C=O) groups is 1. The van der Waals surface area contributed by atoms with Crippen molar-refractivity contribution in [1.29, 1.82) is 0 Å². The largest absolute Gasteiger partial charge is 0.346 e. The number of nitrogens with zero attached hydrogens (tertiary/aromatic N) is 3. The van der Waals surface area contributed by atoms with Gasteiger partial charge in [-0.15, -0.1) is 10.2 Å². The van der Waals surface area contributed by atoms with Gasteiger partial charge in [-0.3, -0.25) is 14.6 Å². The third-order valence-electron chi connectivity index (χ3n) is 3.36. The predicted molar refractivity (Wildman–Crippen MR) is 88.2 cm³/mol. The number of amides is 1. The van der Waals surface area contributed by atoms with E-state index in [1.165, 1.54) is 0 Å². The van der Waals surface area contributed by atoms with Crippen molar-refractivity contribution in [2.45, 2.75) is 13.5 Å². The van der Waals surface area contributed by atoms with Gasteiger partial charge in [0.2, 0.25) is 5.69 Å². The second-order valence-electron chi connectivity index (χ2n) is 5.24. The summed E-state index contributed by atoms with van der Waals surface area (Å²) in [7, 11) is 0. The zero-order valence-electron chi connectivity index (χ0n) is 13.0. The maximum absolute atomic E-state index is 12.1. The Morgan fingerprint density at radius 3 is 2.75 bits per heavy atom. The van der Waals surface area contributed by atoms with Crippen LogP contribution in [0.5, 0.6) is 0 Å². The molecule has 2 N–H and O–H groups in total. The molecule has 2 heterocycles. The first kappa shape index (κ1) is 15.5. The van der Waals surface area contributed by atoms with E-state index in [9.17, 15) is 9.59 Å². The van der Waals surface area contributed by atoms with E-state index in [0.29, 0.717) is 12.2 Å². The molecule has 3 rings (SSSR count). The molecule has 3 aromatic rings. The summed E-state index contributed by atoms with van der Waals surface area (Å²) in [5.74, 6) is -0.353. The Hall–Kier alpha value is -3.35. The van der Waals surface area contributed by atoms with E-state index in [-0.39, 0.29) is 11.5 Å². The van der Waals surface area contributed by atoms with Gasteiger partial charge in [0.25, 0.3) is 11.5 Å². The third-order valence-corrected chi connectivity index (χ3v) is 3.36. The average molecular weight is 321 g/mol. The van der Waals surface area contributed by atoms with E-state index in [4.69, 9.17) is 0 Å². The number of hydrogen-bond acceptors (Lipinski definition) is 5. The summed E-state index contributed by atoms with van der Waals surface area (Å²) >= 11 is 0. The maximum atomic E-state index is 12.1. The van der Waals surface area contributed by atoms with E-state index >= 15 is 0 Å². The fourth-order valence-corrected chi connectivity index (χ4v) is 2.19. The van der Waals surface area contributed by atoms with Crippen LogP contribution in [0.4, 0.5) is 0 Å². The standard InChI is InChI=1S/C17H15N5O2/c1-11-5-4-6-12(9-11)10-19-16(23)14-17(24)20-15(22-21-14)13-7-2-3-8-18-13/h2-9H,10H2,1H3,(H,19,23)(H,20,22,24). The molecule has 7 heteroatoms. The molecule has 0 bridgehead atoms. The zero-order valence-corrected chi connectivity index (χ0v) is 13.0. The number of benzene rings is 1. The molecular formula is C17H15N5O2. The van der Waals surface area contributed by atoms with E-state index in [1.54, 1.807) is 24.4 Å². The minimum absolute atomic E-state index is 0.218. The molecule has 0 aliphatic rings. The summed E-state index contributed by atoms with van der Waals surface area (Å²) in [6.45, 7) is 2.28. The van der Waals surface area contributed by atoms with Crippen molar-refractivity contribution < 1.29 is 4.79 Å². The molecule has 0 spiro atoms. The first-order chi connectivity index (χ1) is 11.6. The van der Waals surface area contributed by atoms with Crippen molar-refractivity contribution in [2.24, 2.45) is 0 Å². The lowest BCUT2D eigenvalue weighted by Crippen LogP contribution is -2.31. The van der Waals surface area contributed by atoms with Crippen LogP contribution in [-0.2, 0) is 6.54 Å². The molecule has 0 radical (unpaired) electrons. The molecular weight excluding hydrogens is 306 g/mol. The Morgan fingerprint density at radius 2 is 2.04 bits per heavy atom. The second kappa shape index (κ2) is 6.82. The van der Waals surface area contributed by atoms with Gasteiger partial charge >= 0.3 is 0 Å². The Bertz CT molecular complexity index is 922. The molecule has 0 saturated carbocycles. The van der Waals surface area contributed by atoms with Gasteiger partial charge in [-0.1, -0.05) is 35.9 Å². The Morgan fingerprint density at radius 1 is 1.17 bits per heavy atom. The highest BCUT2D eigenvalue weighted by atomic mass is 16.2.